The molecule has 2 aliphatic heterocycles. The number of nitrogens with zero attached hydrogens (tertiary/aromatic N) is 4. The van der Waals surface area contributed by atoms with E-state index in [4.69, 9.17) is 23.7 Å². The molecule has 2 aromatic heterocycles. The Balaban J connectivity index is 1.41. The SMILES string of the molecule is CCNc1ncnc2c1ncn2[C@@H]1O[C@H](CSCCC(NC(=O)OC(C)(C)C)C(=O)OC)[C@H]2OC(C)(C)O[C@H]21. The summed E-state index contributed by atoms with van der Waals surface area (Å²) in [6.07, 6.45) is 1.44. The second-order valence-electron chi connectivity index (χ2n) is 10.8. The Morgan fingerprint density at radius 3 is 2.64 bits per heavy atom. The Labute approximate surface area is 232 Å². The third kappa shape index (κ3) is 6.91. The Hall–Kier alpha value is -2.68. The number of fused-ring (bicyclic) bond motifs is 2. The third-order valence-electron chi connectivity index (χ3n) is 6.11. The van der Waals surface area contributed by atoms with E-state index in [1.807, 2.05) is 25.3 Å². The highest BCUT2D eigenvalue weighted by Gasteiger charge is 2.56. The molecule has 0 radical (unpaired) electrons. The molecule has 13 nitrogen and oxygen atoms in total. The Morgan fingerprint density at radius 2 is 1.95 bits per heavy atom. The molecule has 0 aliphatic carbocycles. The van der Waals surface area contributed by atoms with Crippen LogP contribution in [0.3, 0.4) is 0 Å². The molecule has 0 saturated carbocycles. The molecule has 0 aromatic carbocycles. The predicted octanol–water partition coefficient (Wildman–Crippen LogP) is 2.87. The van der Waals surface area contributed by atoms with Gasteiger partial charge in [0.15, 0.2) is 29.0 Å². The minimum Gasteiger partial charge on any atom is -0.467 e. The molecular formula is C25H38N6O7S. The fraction of sp³-hybridized carbons (Fsp3) is 0.720. The van der Waals surface area contributed by atoms with Crippen molar-refractivity contribution in [3.05, 3.63) is 12.7 Å². The fourth-order valence-electron chi connectivity index (χ4n) is 4.59. The number of carbonyl (C=O) groups excluding carboxylic acids is 2. The molecule has 2 N–H and O–H groups in total. The van der Waals surface area contributed by atoms with E-state index in [1.165, 1.54) is 13.4 Å². The minimum atomic E-state index is -0.824. The predicted molar refractivity (Wildman–Crippen MR) is 144 cm³/mol. The number of thioether (sulfide) groups is 1. The number of carbonyl (C=O) groups is 2. The summed E-state index contributed by atoms with van der Waals surface area (Å²) in [4.78, 5) is 37.7. The molecule has 39 heavy (non-hydrogen) atoms. The monoisotopic (exact) mass is 566 g/mol. The van der Waals surface area contributed by atoms with Gasteiger partial charge in [0, 0.05) is 12.3 Å². The van der Waals surface area contributed by atoms with Crippen molar-refractivity contribution in [2.45, 2.75) is 89.9 Å². The Morgan fingerprint density at radius 1 is 1.21 bits per heavy atom. The van der Waals surface area contributed by atoms with Crippen LogP contribution >= 0.6 is 11.8 Å². The number of ether oxygens (including phenoxy) is 5. The lowest BCUT2D eigenvalue weighted by Crippen LogP contribution is -2.44. The summed E-state index contributed by atoms with van der Waals surface area (Å²) in [7, 11) is 1.29. The highest BCUT2D eigenvalue weighted by Crippen LogP contribution is 2.44. The second kappa shape index (κ2) is 11.8. The first kappa shape index (κ1) is 29.3. The van der Waals surface area contributed by atoms with E-state index >= 15 is 0 Å². The molecular weight excluding hydrogens is 528 g/mol. The number of anilines is 1. The molecule has 4 heterocycles. The molecule has 0 spiro atoms. The maximum atomic E-state index is 12.2. The Bertz CT molecular complexity index is 1170. The third-order valence-corrected chi connectivity index (χ3v) is 7.20. The van der Waals surface area contributed by atoms with Crippen LogP contribution in [0.15, 0.2) is 12.7 Å². The van der Waals surface area contributed by atoms with Crippen molar-refractivity contribution in [1.29, 1.82) is 0 Å². The van der Waals surface area contributed by atoms with Gasteiger partial charge in [-0.2, -0.15) is 11.8 Å². The molecule has 1 unspecified atom stereocenters. The van der Waals surface area contributed by atoms with Crippen LogP contribution in [-0.4, -0.2) is 92.5 Å². The van der Waals surface area contributed by atoms with E-state index in [2.05, 4.69) is 25.6 Å². The van der Waals surface area contributed by atoms with Crippen molar-refractivity contribution in [3.8, 4) is 0 Å². The van der Waals surface area contributed by atoms with Crippen LogP contribution in [0.1, 0.15) is 54.2 Å². The summed E-state index contributed by atoms with van der Waals surface area (Å²) >= 11 is 1.59. The average molecular weight is 567 g/mol. The Kier molecular flexibility index (Phi) is 8.88. The summed E-state index contributed by atoms with van der Waals surface area (Å²) in [5.41, 5.74) is 0.617. The van der Waals surface area contributed by atoms with Crippen LogP contribution in [0, 0.1) is 0 Å². The summed E-state index contributed by atoms with van der Waals surface area (Å²) in [5.74, 6) is 0.510. The van der Waals surface area contributed by atoms with Crippen molar-refractivity contribution in [2.75, 3.05) is 30.5 Å². The lowest BCUT2D eigenvalue weighted by atomic mass is 10.1. The maximum absolute atomic E-state index is 12.2. The van der Waals surface area contributed by atoms with Crippen LogP contribution < -0.4 is 10.6 Å². The first-order chi connectivity index (χ1) is 18.4. The van der Waals surface area contributed by atoms with Gasteiger partial charge in [-0.25, -0.2) is 24.5 Å². The number of esters is 1. The van der Waals surface area contributed by atoms with Crippen LogP contribution in [0.5, 0.6) is 0 Å². The van der Waals surface area contributed by atoms with Crippen molar-refractivity contribution in [3.63, 3.8) is 0 Å². The summed E-state index contributed by atoms with van der Waals surface area (Å²) in [6, 6.07) is -0.824. The van der Waals surface area contributed by atoms with Crippen molar-refractivity contribution in [1.82, 2.24) is 24.8 Å². The number of hydrogen-bond acceptors (Lipinski definition) is 12. The zero-order valence-electron chi connectivity index (χ0n) is 23.4. The van der Waals surface area contributed by atoms with E-state index in [0.29, 0.717) is 41.5 Å². The zero-order chi connectivity index (χ0) is 28.4. The molecule has 14 heteroatoms. The summed E-state index contributed by atoms with van der Waals surface area (Å²) in [5, 5.41) is 5.81. The lowest BCUT2D eigenvalue weighted by Gasteiger charge is -2.25. The number of aromatic nitrogens is 4. The molecule has 0 bridgehead atoms. The molecule has 1 amide bonds. The number of alkyl carbamates (subject to hydrolysis) is 1. The van der Waals surface area contributed by atoms with Crippen LogP contribution in [0.25, 0.3) is 11.2 Å². The number of hydrogen-bond donors (Lipinski definition) is 2. The molecule has 5 atom stereocenters. The van der Waals surface area contributed by atoms with E-state index in [1.54, 1.807) is 38.9 Å². The van der Waals surface area contributed by atoms with Gasteiger partial charge in [-0.15, -0.1) is 0 Å². The molecule has 2 saturated heterocycles. The first-order valence-electron chi connectivity index (χ1n) is 13.0. The van der Waals surface area contributed by atoms with Gasteiger partial charge in [-0.1, -0.05) is 0 Å². The molecule has 4 rings (SSSR count). The summed E-state index contributed by atoms with van der Waals surface area (Å²) in [6.45, 7) is 11.7. The molecule has 2 fully saturated rings. The standard InChI is InChI=1S/C25H38N6O7S/c1-8-26-19-16-20(28-12-27-19)31(13-29-16)21-18-17(36-25(5,6)37-18)15(35-21)11-39-10-9-14(22(32)34-7)30-23(33)38-24(2,3)4/h12-15,17-18,21H,8-11H2,1-7H3,(H,30,33)(H,26,27,28)/t14?,15-,17-,18-,21-/m1/s1. The van der Waals surface area contributed by atoms with Crippen LogP contribution in [0.4, 0.5) is 10.6 Å². The van der Waals surface area contributed by atoms with Gasteiger partial charge < -0.3 is 34.3 Å². The maximum Gasteiger partial charge on any atom is 0.408 e. The lowest BCUT2D eigenvalue weighted by molar-refractivity contribution is -0.193. The zero-order valence-corrected chi connectivity index (χ0v) is 24.2. The van der Waals surface area contributed by atoms with Gasteiger partial charge in [-0.05, 0) is 53.7 Å². The average Bonchev–Trinajstić information content (AvgIpc) is 3.51. The number of rotatable bonds is 10. The molecule has 216 valence electrons. The van der Waals surface area contributed by atoms with Gasteiger partial charge in [0.05, 0.1) is 19.5 Å². The highest BCUT2D eigenvalue weighted by molar-refractivity contribution is 7.99. The normalized spacial score (nSPS) is 24.8. The number of methoxy groups -OCH3 is 1. The second-order valence-corrected chi connectivity index (χ2v) is 11.9. The molecule has 2 aliphatic rings. The van der Waals surface area contributed by atoms with Crippen molar-refractivity contribution >= 4 is 40.8 Å². The van der Waals surface area contributed by atoms with Crippen molar-refractivity contribution in [2.24, 2.45) is 0 Å². The van der Waals surface area contributed by atoms with E-state index in [-0.39, 0.29) is 18.3 Å². The first-order valence-corrected chi connectivity index (χ1v) is 14.2. The van der Waals surface area contributed by atoms with Gasteiger partial charge in [0.25, 0.3) is 0 Å². The van der Waals surface area contributed by atoms with Gasteiger partial charge in [0.2, 0.25) is 0 Å². The topological polar surface area (TPSA) is 148 Å². The van der Waals surface area contributed by atoms with Gasteiger partial charge >= 0.3 is 12.1 Å². The van der Waals surface area contributed by atoms with Crippen molar-refractivity contribution < 1.29 is 33.3 Å². The van der Waals surface area contributed by atoms with Gasteiger partial charge in [0.1, 0.15) is 30.2 Å². The van der Waals surface area contributed by atoms with E-state index in [9.17, 15) is 9.59 Å². The highest BCUT2D eigenvalue weighted by atomic mass is 32.2. The number of nitrogens with one attached hydrogen (secondary N) is 2. The van der Waals surface area contributed by atoms with E-state index < -0.39 is 35.7 Å². The fourth-order valence-corrected chi connectivity index (χ4v) is 5.66. The molecule has 2 aromatic rings. The number of imidazole rings is 1. The minimum absolute atomic E-state index is 0.283. The summed E-state index contributed by atoms with van der Waals surface area (Å²) < 4.78 is 31.0. The van der Waals surface area contributed by atoms with E-state index in [0.717, 1.165) is 0 Å². The smallest absolute Gasteiger partial charge is 0.408 e. The van der Waals surface area contributed by atoms with Gasteiger partial charge in [-0.3, -0.25) is 4.57 Å². The van der Waals surface area contributed by atoms with Crippen LogP contribution in [0.2, 0.25) is 0 Å². The largest absolute Gasteiger partial charge is 0.467 e. The quantitative estimate of drug-likeness (QED) is 0.322. The van der Waals surface area contributed by atoms with Crippen LogP contribution in [-0.2, 0) is 28.5 Å². The number of amides is 1.